The van der Waals surface area contributed by atoms with Gasteiger partial charge in [0.05, 0.1) is 17.6 Å². The molecule has 6 nitrogen and oxygen atoms in total. The molecule has 1 saturated carbocycles. The van der Waals surface area contributed by atoms with Crippen LogP contribution in [0, 0.1) is 0 Å². The molecule has 4 N–H and O–H groups in total. The van der Waals surface area contributed by atoms with Crippen molar-refractivity contribution in [2.75, 3.05) is 13.2 Å². The van der Waals surface area contributed by atoms with Gasteiger partial charge in [-0.25, -0.2) is 13.1 Å². The summed E-state index contributed by atoms with van der Waals surface area (Å²) in [4.78, 5) is 2.97. The first-order valence-electron chi connectivity index (χ1n) is 6.57. The molecule has 0 amide bonds. The van der Waals surface area contributed by atoms with E-state index in [0.717, 1.165) is 25.7 Å². The highest BCUT2D eigenvalue weighted by Crippen LogP contribution is 2.19. The van der Waals surface area contributed by atoms with Crippen molar-refractivity contribution in [2.24, 2.45) is 5.73 Å². The average Bonchev–Trinajstić information content (AvgIpc) is 2.91. The Morgan fingerprint density at radius 2 is 2.11 bits per heavy atom. The smallest absolute Gasteiger partial charge is 0.242 e. The number of hydrogen-bond donors (Lipinski definition) is 3. The Bertz CT molecular complexity index is 464. The Kier molecular flexibility index (Phi) is 4.98. The molecule has 2 rings (SSSR count). The number of sulfonamides is 1. The van der Waals surface area contributed by atoms with Crippen molar-refractivity contribution >= 4 is 10.0 Å². The zero-order chi connectivity index (χ0) is 13.7. The molecule has 0 unspecified atom stereocenters. The van der Waals surface area contributed by atoms with Gasteiger partial charge in [-0.2, -0.15) is 0 Å². The van der Waals surface area contributed by atoms with E-state index >= 15 is 0 Å². The molecule has 108 valence electrons. The van der Waals surface area contributed by atoms with Crippen LogP contribution >= 0.6 is 0 Å². The molecule has 1 fully saturated rings. The minimum atomic E-state index is -3.41. The van der Waals surface area contributed by atoms with Gasteiger partial charge in [0.1, 0.15) is 0 Å². The molecular weight excluding hydrogens is 266 g/mol. The molecule has 0 atom stereocenters. The molecule has 0 radical (unpaired) electrons. The number of nitrogens with one attached hydrogen (secondary N) is 2. The monoisotopic (exact) mass is 287 g/mol. The van der Waals surface area contributed by atoms with Crippen molar-refractivity contribution < 1.29 is 13.2 Å². The Hall–Kier alpha value is -0.890. The van der Waals surface area contributed by atoms with E-state index in [9.17, 15) is 8.42 Å². The van der Waals surface area contributed by atoms with Gasteiger partial charge in [-0.1, -0.05) is 0 Å². The molecule has 0 saturated heterocycles. The van der Waals surface area contributed by atoms with Crippen molar-refractivity contribution in [3.05, 3.63) is 18.5 Å². The normalized spacial score (nSPS) is 24.5. The SMILES string of the molecule is NC1CCC(OCCNS(=O)(=O)c2cc[nH]c2)CC1. The van der Waals surface area contributed by atoms with Gasteiger partial charge in [-0.05, 0) is 31.7 Å². The van der Waals surface area contributed by atoms with Gasteiger partial charge in [-0.3, -0.25) is 0 Å². The van der Waals surface area contributed by atoms with Crippen LogP contribution in [0.5, 0.6) is 0 Å². The lowest BCUT2D eigenvalue weighted by molar-refractivity contribution is 0.0287. The largest absolute Gasteiger partial charge is 0.377 e. The van der Waals surface area contributed by atoms with Gasteiger partial charge in [0, 0.05) is 25.0 Å². The minimum absolute atomic E-state index is 0.219. The van der Waals surface area contributed by atoms with E-state index < -0.39 is 10.0 Å². The fourth-order valence-electron chi connectivity index (χ4n) is 2.22. The number of ether oxygens (including phenoxy) is 1. The van der Waals surface area contributed by atoms with Gasteiger partial charge < -0.3 is 15.5 Å². The zero-order valence-corrected chi connectivity index (χ0v) is 11.7. The summed E-state index contributed by atoms with van der Waals surface area (Å²) in [7, 11) is -3.41. The molecule has 0 bridgehead atoms. The van der Waals surface area contributed by atoms with E-state index in [4.69, 9.17) is 10.5 Å². The maximum absolute atomic E-state index is 11.8. The first-order valence-corrected chi connectivity index (χ1v) is 8.06. The summed E-state index contributed by atoms with van der Waals surface area (Å²) in [5, 5.41) is 0. The molecule has 0 aliphatic heterocycles. The van der Waals surface area contributed by atoms with E-state index in [0.29, 0.717) is 12.6 Å². The standard InChI is InChI=1S/C12H21N3O3S/c13-10-1-3-11(4-2-10)18-8-7-15-19(16,17)12-5-6-14-9-12/h5-6,9-11,14-15H,1-4,7-8,13H2. The fourth-order valence-corrected chi connectivity index (χ4v) is 3.21. The molecule has 0 aromatic carbocycles. The number of hydrogen-bond acceptors (Lipinski definition) is 4. The minimum Gasteiger partial charge on any atom is -0.377 e. The summed E-state index contributed by atoms with van der Waals surface area (Å²) in [6.45, 7) is 0.680. The van der Waals surface area contributed by atoms with Gasteiger partial charge in [0.25, 0.3) is 0 Å². The second-order valence-electron chi connectivity index (χ2n) is 4.85. The van der Waals surface area contributed by atoms with Crippen LogP contribution in [0.25, 0.3) is 0 Å². The Morgan fingerprint density at radius 3 is 2.74 bits per heavy atom. The van der Waals surface area contributed by atoms with Crippen LogP contribution in [0.3, 0.4) is 0 Å². The van der Waals surface area contributed by atoms with Crippen LogP contribution < -0.4 is 10.5 Å². The summed E-state index contributed by atoms with van der Waals surface area (Å²) in [6.07, 6.45) is 7.15. The van der Waals surface area contributed by atoms with E-state index in [-0.39, 0.29) is 17.5 Å². The van der Waals surface area contributed by atoms with Gasteiger partial charge in [-0.15, -0.1) is 0 Å². The van der Waals surface area contributed by atoms with Crippen LogP contribution in [-0.4, -0.2) is 38.7 Å². The molecule has 1 heterocycles. The maximum Gasteiger partial charge on any atom is 0.242 e. The number of aromatic nitrogens is 1. The Morgan fingerprint density at radius 1 is 1.37 bits per heavy atom. The summed E-state index contributed by atoms with van der Waals surface area (Å²) < 4.78 is 31.7. The van der Waals surface area contributed by atoms with E-state index in [2.05, 4.69) is 9.71 Å². The van der Waals surface area contributed by atoms with Crippen LogP contribution in [0.15, 0.2) is 23.4 Å². The van der Waals surface area contributed by atoms with Crippen LogP contribution in [-0.2, 0) is 14.8 Å². The van der Waals surface area contributed by atoms with Crippen LogP contribution in [0.2, 0.25) is 0 Å². The van der Waals surface area contributed by atoms with Gasteiger partial charge >= 0.3 is 0 Å². The number of nitrogens with two attached hydrogens (primary N) is 1. The van der Waals surface area contributed by atoms with Crippen molar-refractivity contribution in [1.82, 2.24) is 9.71 Å². The maximum atomic E-state index is 11.8. The van der Waals surface area contributed by atoms with Crippen molar-refractivity contribution in [2.45, 2.75) is 42.7 Å². The van der Waals surface area contributed by atoms with Crippen molar-refractivity contribution in [3.63, 3.8) is 0 Å². The summed E-state index contributed by atoms with van der Waals surface area (Å²) in [5.41, 5.74) is 5.81. The van der Waals surface area contributed by atoms with E-state index in [1.54, 1.807) is 6.20 Å². The first kappa shape index (κ1) is 14.5. The lowest BCUT2D eigenvalue weighted by atomic mass is 9.94. The number of H-pyrrole nitrogens is 1. The van der Waals surface area contributed by atoms with Crippen LogP contribution in [0.4, 0.5) is 0 Å². The fraction of sp³-hybridized carbons (Fsp3) is 0.667. The number of aromatic amines is 1. The van der Waals surface area contributed by atoms with Crippen molar-refractivity contribution in [1.29, 1.82) is 0 Å². The zero-order valence-electron chi connectivity index (χ0n) is 10.8. The number of rotatable bonds is 6. The summed E-state index contributed by atoms with van der Waals surface area (Å²) >= 11 is 0. The average molecular weight is 287 g/mol. The molecular formula is C12H21N3O3S. The van der Waals surface area contributed by atoms with Crippen molar-refractivity contribution in [3.8, 4) is 0 Å². The van der Waals surface area contributed by atoms with Gasteiger partial charge in [0.2, 0.25) is 10.0 Å². The van der Waals surface area contributed by atoms with Crippen LogP contribution in [0.1, 0.15) is 25.7 Å². The second kappa shape index (κ2) is 6.51. The summed E-state index contributed by atoms with van der Waals surface area (Å²) in [6, 6.07) is 1.82. The molecule has 0 spiro atoms. The topological polar surface area (TPSA) is 97.2 Å². The molecule has 19 heavy (non-hydrogen) atoms. The first-order chi connectivity index (χ1) is 9.08. The molecule has 7 heteroatoms. The van der Waals surface area contributed by atoms with E-state index in [1.807, 2.05) is 0 Å². The highest BCUT2D eigenvalue weighted by atomic mass is 32.2. The molecule has 1 aliphatic rings. The highest BCUT2D eigenvalue weighted by molar-refractivity contribution is 7.89. The molecule has 1 aliphatic carbocycles. The Labute approximate surface area is 113 Å². The Balaban J connectivity index is 1.67. The lowest BCUT2D eigenvalue weighted by Crippen LogP contribution is -2.33. The third-order valence-corrected chi connectivity index (χ3v) is 4.80. The molecule has 1 aromatic rings. The lowest BCUT2D eigenvalue weighted by Gasteiger charge is -2.26. The summed E-state index contributed by atoms with van der Waals surface area (Å²) in [5.74, 6) is 0. The quantitative estimate of drug-likeness (QED) is 0.667. The van der Waals surface area contributed by atoms with Gasteiger partial charge in [0.15, 0.2) is 0 Å². The highest BCUT2D eigenvalue weighted by Gasteiger charge is 2.19. The predicted molar refractivity (Wildman–Crippen MR) is 72.2 cm³/mol. The molecule has 1 aromatic heterocycles. The van der Waals surface area contributed by atoms with E-state index in [1.165, 1.54) is 12.3 Å². The second-order valence-corrected chi connectivity index (χ2v) is 6.62. The third kappa shape index (κ3) is 4.31. The third-order valence-electron chi connectivity index (χ3n) is 3.35. The predicted octanol–water partition coefficient (Wildman–Crippen LogP) is 0.579.